The van der Waals surface area contributed by atoms with Crippen LogP contribution >= 0.6 is 0 Å². The van der Waals surface area contributed by atoms with E-state index in [0.29, 0.717) is 5.75 Å². The molecule has 1 aliphatic heterocycles. The van der Waals surface area contributed by atoms with E-state index in [4.69, 9.17) is 4.74 Å². The van der Waals surface area contributed by atoms with Crippen LogP contribution in [0, 0.1) is 11.6 Å². The molecule has 3 aromatic rings. The summed E-state index contributed by atoms with van der Waals surface area (Å²) in [5.74, 6) is -1.84. The number of nitrogens with one attached hydrogen (secondary N) is 1. The summed E-state index contributed by atoms with van der Waals surface area (Å²) in [7, 11) is 0. The minimum absolute atomic E-state index is 0.174. The minimum Gasteiger partial charge on any atom is -0.491 e. The fraction of sp³-hybridized carbons (Fsp3) is 0.200. The van der Waals surface area contributed by atoms with Gasteiger partial charge in [0, 0.05) is 5.56 Å². The molecule has 0 spiro atoms. The van der Waals surface area contributed by atoms with Crippen molar-refractivity contribution in [2.24, 2.45) is 0 Å². The highest BCUT2D eigenvalue weighted by molar-refractivity contribution is 6.07. The van der Waals surface area contributed by atoms with Crippen LogP contribution in [0.3, 0.4) is 0 Å². The highest BCUT2D eigenvalue weighted by atomic mass is 19.1. The lowest BCUT2D eigenvalue weighted by atomic mass is 9.91. The fourth-order valence-electron chi connectivity index (χ4n) is 3.76. The molecule has 0 aromatic heterocycles. The number of nitrogens with zero attached hydrogens (tertiary/aromatic N) is 1. The molecular weight excluding hydrogens is 430 g/mol. The van der Waals surface area contributed by atoms with Crippen molar-refractivity contribution in [1.82, 2.24) is 10.2 Å². The van der Waals surface area contributed by atoms with Crippen LogP contribution < -0.4 is 10.1 Å². The Balaban J connectivity index is 1.38. The van der Waals surface area contributed by atoms with Crippen LogP contribution in [0.25, 0.3) is 11.1 Å². The first-order valence-corrected chi connectivity index (χ1v) is 10.3. The number of rotatable bonds is 7. The lowest BCUT2D eigenvalue weighted by molar-refractivity contribution is -0.132. The molecule has 1 fully saturated rings. The van der Waals surface area contributed by atoms with Gasteiger partial charge in [0.15, 0.2) is 0 Å². The molecule has 2 unspecified atom stereocenters. The molecule has 3 amide bonds. The van der Waals surface area contributed by atoms with E-state index < -0.39 is 35.2 Å². The van der Waals surface area contributed by atoms with Gasteiger partial charge in [0.2, 0.25) is 0 Å². The molecule has 170 valence electrons. The Labute approximate surface area is 189 Å². The molecule has 4 rings (SSSR count). The second-order valence-corrected chi connectivity index (χ2v) is 7.95. The topological polar surface area (TPSA) is 78.9 Å². The van der Waals surface area contributed by atoms with Crippen LogP contribution in [0.1, 0.15) is 12.5 Å². The summed E-state index contributed by atoms with van der Waals surface area (Å²) in [4.78, 5) is 26.0. The molecule has 1 heterocycles. The molecule has 1 aliphatic rings. The SMILES string of the molecule is CC1(c2cc(F)ccc2F)NC(=O)N(CC(O)COc2ccc(-c3ccccc3)cc2)C1=O. The van der Waals surface area contributed by atoms with E-state index in [9.17, 15) is 23.5 Å². The van der Waals surface area contributed by atoms with Gasteiger partial charge in [-0.05, 0) is 48.4 Å². The quantitative estimate of drug-likeness (QED) is 0.534. The van der Waals surface area contributed by atoms with E-state index in [2.05, 4.69) is 5.32 Å². The molecule has 8 heteroatoms. The van der Waals surface area contributed by atoms with Crippen molar-refractivity contribution in [3.63, 3.8) is 0 Å². The molecule has 0 saturated carbocycles. The number of halogens is 2. The Morgan fingerprint density at radius 1 is 1.00 bits per heavy atom. The smallest absolute Gasteiger partial charge is 0.325 e. The molecule has 0 aliphatic carbocycles. The normalized spacial score (nSPS) is 18.8. The number of ether oxygens (including phenoxy) is 1. The number of amides is 3. The molecule has 33 heavy (non-hydrogen) atoms. The molecule has 6 nitrogen and oxygen atoms in total. The predicted molar refractivity (Wildman–Crippen MR) is 117 cm³/mol. The number of carbonyl (C=O) groups excluding carboxylic acids is 2. The molecule has 0 bridgehead atoms. The third-order valence-corrected chi connectivity index (χ3v) is 5.54. The van der Waals surface area contributed by atoms with Crippen molar-refractivity contribution in [1.29, 1.82) is 0 Å². The monoisotopic (exact) mass is 452 g/mol. The number of benzene rings is 3. The summed E-state index contributed by atoms with van der Waals surface area (Å²) in [6.45, 7) is 0.758. The van der Waals surface area contributed by atoms with E-state index in [-0.39, 0.29) is 18.7 Å². The van der Waals surface area contributed by atoms with Crippen LogP contribution in [0.15, 0.2) is 72.8 Å². The number of imide groups is 1. The lowest BCUT2D eigenvalue weighted by Crippen LogP contribution is -2.43. The van der Waals surface area contributed by atoms with Gasteiger partial charge in [-0.1, -0.05) is 42.5 Å². The summed E-state index contributed by atoms with van der Waals surface area (Å²) in [6.07, 6.45) is -1.19. The summed E-state index contributed by atoms with van der Waals surface area (Å²) in [5, 5.41) is 12.7. The number of urea groups is 1. The van der Waals surface area contributed by atoms with Crippen LogP contribution in [-0.4, -0.2) is 41.2 Å². The second kappa shape index (κ2) is 8.99. The van der Waals surface area contributed by atoms with Gasteiger partial charge in [-0.3, -0.25) is 9.69 Å². The van der Waals surface area contributed by atoms with Crippen LogP contribution in [-0.2, 0) is 10.3 Å². The summed E-state index contributed by atoms with van der Waals surface area (Å²) < 4.78 is 33.4. The zero-order valence-corrected chi connectivity index (χ0v) is 17.8. The maximum absolute atomic E-state index is 14.2. The number of β-amino-alcohol motifs (C(OH)–C–C–N with tert-alkyl or cyclic N) is 1. The first kappa shape index (κ1) is 22.4. The van der Waals surface area contributed by atoms with Gasteiger partial charge in [-0.25, -0.2) is 13.6 Å². The highest BCUT2D eigenvalue weighted by Crippen LogP contribution is 2.31. The molecule has 0 radical (unpaired) electrons. The van der Waals surface area contributed by atoms with Gasteiger partial charge in [-0.15, -0.1) is 0 Å². The average Bonchev–Trinajstić information content (AvgIpc) is 3.04. The highest BCUT2D eigenvalue weighted by Gasteiger charge is 2.50. The zero-order chi connectivity index (χ0) is 23.6. The van der Waals surface area contributed by atoms with Crippen molar-refractivity contribution in [2.45, 2.75) is 18.6 Å². The van der Waals surface area contributed by atoms with Gasteiger partial charge in [0.05, 0.1) is 6.54 Å². The number of hydrogen-bond donors (Lipinski definition) is 2. The Morgan fingerprint density at radius 2 is 1.67 bits per heavy atom. The summed E-state index contributed by atoms with van der Waals surface area (Å²) in [5.41, 5.74) is -0.00312. The third kappa shape index (κ3) is 4.56. The molecule has 1 saturated heterocycles. The largest absolute Gasteiger partial charge is 0.491 e. The van der Waals surface area contributed by atoms with Crippen LogP contribution in [0.2, 0.25) is 0 Å². The summed E-state index contributed by atoms with van der Waals surface area (Å²) in [6, 6.07) is 19.0. The van der Waals surface area contributed by atoms with E-state index in [1.807, 2.05) is 42.5 Å². The minimum atomic E-state index is -1.78. The molecular formula is C25H22F2N2O4. The van der Waals surface area contributed by atoms with Crippen molar-refractivity contribution >= 4 is 11.9 Å². The Morgan fingerprint density at radius 3 is 2.36 bits per heavy atom. The predicted octanol–water partition coefficient (Wildman–Crippen LogP) is 3.84. The van der Waals surface area contributed by atoms with Gasteiger partial charge in [0.25, 0.3) is 5.91 Å². The maximum atomic E-state index is 14.2. The van der Waals surface area contributed by atoms with E-state index in [1.54, 1.807) is 12.1 Å². The van der Waals surface area contributed by atoms with Gasteiger partial charge < -0.3 is 15.2 Å². The standard InChI is InChI=1S/C25H22F2N2O4/c1-25(21-13-18(26)9-12-22(21)27)23(31)29(24(32)28-25)14-19(30)15-33-20-10-7-17(8-11-20)16-5-3-2-4-6-16/h2-13,19,30H,14-15H2,1H3,(H,28,32). The van der Waals surface area contributed by atoms with Crippen molar-refractivity contribution in [2.75, 3.05) is 13.2 Å². The van der Waals surface area contributed by atoms with Crippen molar-refractivity contribution in [3.05, 3.63) is 90.0 Å². The number of aliphatic hydroxyl groups excluding tert-OH is 1. The number of aliphatic hydroxyl groups is 1. The fourth-order valence-corrected chi connectivity index (χ4v) is 3.76. The van der Waals surface area contributed by atoms with E-state index in [1.165, 1.54) is 6.92 Å². The number of hydrogen-bond acceptors (Lipinski definition) is 4. The number of carbonyl (C=O) groups is 2. The van der Waals surface area contributed by atoms with E-state index >= 15 is 0 Å². The van der Waals surface area contributed by atoms with Crippen LogP contribution in [0.5, 0.6) is 5.75 Å². The average molecular weight is 452 g/mol. The lowest BCUT2D eigenvalue weighted by Gasteiger charge is -2.23. The van der Waals surface area contributed by atoms with Crippen molar-refractivity contribution in [3.8, 4) is 16.9 Å². The molecule has 2 N–H and O–H groups in total. The van der Waals surface area contributed by atoms with Gasteiger partial charge >= 0.3 is 6.03 Å². The van der Waals surface area contributed by atoms with Gasteiger partial charge in [0.1, 0.15) is 35.6 Å². The Bertz CT molecular complexity index is 1170. The van der Waals surface area contributed by atoms with E-state index in [0.717, 1.165) is 34.2 Å². The second-order valence-electron chi connectivity index (χ2n) is 7.95. The molecule has 2 atom stereocenters. The molecule has 3 aromatic carbocycles. The maximum Gasteiger partial charge on any atom is 0.325 e. The van der Waals surface area contributed by atoms with Crippen LogP contribution in [0.4, 0.5) is 13.6 Å². The van der Waals surface area contributed by atoms with Crippen molar-refractivity contribution < 1.29 is 28.2 Å². The van der Waals surface area contributed by atoms with Gasteiger partial charge in [-0.2, -0.15) is 0 Å². The Hall–Kier alpha value is -3.78. The zero-order valence-electron chi connectivity index (χ0n) is 17.8. The summed E-state index contributed by atoms with van der Waals surface area (Å²) >= 11 is 0. The first-order valence-electron chi connectivity index (χ1n) is 10.3. The Kier molecular flexibility index (Phi) is 6.11. The third-order valence-electron chi connectivity index (χ3n) is 5.54. The first-order chi connectivity index (χ1) is 15.8.